The fourth-order valence-electron chi connectivity index (χ4n) is 4.38. The fourth-order valence-corrected chi connectivity index (χ4v) is 6.01. The summed E-state index contributed by atoms with van der Waals surface area (Å²) < 4.78 is 28.3. The molecule has 2 amide bonds. The van der Waals surface area contributed by atoms with E-state index in [4.69, 9.17) is 5.73 Å². The number of anilines is 1. The summed E-state index contributed by atoms with van der Waals surface area (Å²) in [4.78, 5) is 26.6. The molecule has 8 nitrogen and oxygen atoms in total. The maximum atomic E-state index is 13.6. The van der Waals surface area contributed by atoms with Crippen LogP contribution in [0.1, 0.15) is 40.1 Å². The summed E-state index contributed by atoms with van der Waals surface area (Å²) in [6.07, 6.45) is -0.668. The van der Waals surface area contributed by atoms with E-state index in [1.54, 1.807) is 24.3 Å². The van der Waals surface area contributed by atoms with Gasteiger partial charge < -0.3 is 10.8 Å². The number of nitrogens with zero attached hydrogens (tertiary/aromatic N) is 2. The fraction of sp³-hybridized carbons (Fsp3) is 0.286. The van der Waals surface area contributed by atoms with Crippen molar-refractivity contribution in [2.75, 3.05) is 18.0 Å². The number of fused-ring (bicyclic) bond motifs is 1. The van der Waals surface area contributed by atoms with Crippen LogP contribution in [0, 0.1) is 5.92 Å². The standard InChI is InChI=1S/C28H31N3O5S/c1-19(2)17-30(18-26(32)25(29)16-20-8-4-3-5-9-20)37(35,36)22-14-12-21(13-15-22)31-27(33)23-10-6-7-11-24(23)28(31)34/h3-15,19,25-26,32H,16-18,29H2,1-2H3. The molecule has 1 heterocycles. The van der Waals surface area contributed by atoms with Crippen molar-refractivity contribution in [2.24, 2.45) is 11.7 Å². The molecule has 0 bridgehead atoms. The van der Waals surface area contributed by atoms with Gasteiger partial charge in [0.25, 0.3) is 11.8 Å². The molecule has 0 saturated carbocycles. The van der Waals surface area contributed by atoms with Gasteiger partial charge in [0.1, 0.15) is 0 Å². The minimum absolute atomic E-state index is 0.00246. The zero-order chi connectivity index (χ0) is 26.7. The van der Waals surface area contributed by atoms with E-state index in [0.29, 0.717) is 17.5 Å². The van der Waals surface area contributed by atoms with Gasteiger partial charge in [-0.05, 0) is 54.3 Å². The molecule has 194 valence electrons. The number of aliphatic hydroxyl groups excluding tert-OH is 1. The first-order chi connectivity index (χ1) is 17.6. The summed E-state index contributed by atoms with van der Waals surface area (Å²) in [5, 5.41) is 10.8. The third-order valence-corrected chi connectivity index (χ3v) is 8.14. The number of sulfonamides is 1. The van der Waals surface area contributed by atoms with Gasteiger partial charge in [0.2, 0.25) is 10.0 Å². The summed E-state index contributed by atoms with van der Waals surface area (Å²) in [6.45, 7) is 3.82. The minimum atomic E-state index is -3.99. The summed E-state index contributed by atoms with van der Waals surface area (Å²) in [7, 11) is -3.99. The number of amides is 2. The van der Waals surface area contributed by atoms with Crippen LogP contribution in [0.15, 0.2) is 83.8 Å². The molecule has 2 atom stereocenters. The minimum Gasteiger partial charge on any atom is -0.390 e. The van der Waals surface area contributed by atoms with Crippen molar-refractivity contribution in [3.63, 3.8) is 0 Å². The molecule has 3 aromatic rings. The lowest BCUT2D eigenvalue weighted by Gasteiger charge is -2.29. The maximum absolute atomic E-state index is 13.6. The molecule has 2 unspecified atom stereocenters. The first kappa shape index (κ1) is 26.7. The third-order valence-electron chi connectivity index (χ3n) is 6.29. The monoisotopic (exact) mass is 521 g/mol. The predicted molar refractivity (Wildman–Crippen MR) is 142 cm³/mol. The molecule has 3 N–H and O–H groups in total. The molecule has 1 aliphatic heterocycles. The van der Waals surface area contributed by atoms with Crippen molar-refractivity contribution in [3.8, 4) is 0 Å². The first-order valence-electron chi connectivity index (χ1n) is 12.1. The zero-order valence-electron chi connectivity index (χ0n) is 20.8. The average molecular weight is 522 g/mol. The van der Waals surface area contributed by atoms with Crippen molar-refractivity contribution in [1.29, 1.82) is 0 Å². The lowest BCUT2D eigenvalue weighted by atomic mass is 10.0. The summed E-state index contributed by atoms with van der Waals surface area (Å²) >= 11 is 0. The van der Waals surface area contributed by atoms with Crippen molar-refractivity contribution in [1.82, 2.24) is 4.31 Å². The topological polar surface area (TPSA) is 121 Å². The maximum Gasteiger partial charge on any atom is 0.266 e. The van der Waals surface area contributed by atoms with E-state index in [1.165, 1.54) is 28.6 Å². The van der Waals surface area contributed by atoms with Crippen LogP contribution in [-0.4, -0.2) is 54.9 Å². The summed E-state index contributed by atoms with van der Waals surface area (Å²) in [6, 6.07) is 21.0. The number of rotatable bonds is 10. The van der Waals surface area contributed by atoms with Gasteiger partial charge in [-0.1, -0.05) is 56.3 Å². The van der Waals surface area contributed by atoms with Crippen LogP contribution in [0.5, 0.6) is 0 Å². The number of aliphatic hydroxyl groups is 1. The summed E-state index contributed by atoms with van der Waals surface area (Å²) in [5.41, 5.74) is 8.09. The Hall–Kier alpha value is -3.37. The van der Waals surface area contributed by atoms with Gasteiger partial charge in [-0.3, -0.25) is 9.59 Å². The predicted octanol–water partition coefficient (Wildman–Crippen LogP) is 3.06. The Kier molecular flexibility index (Phi) is 7.89. The van der Waals surface area contributed by atoms with Crippen LogP contribution >= 0.6 is 0 Å². The average Bonchev–Trinajstić information content (AvgIpc) is 3.14. The van der Waals surface area contributed by atoms with Crippen molar-refractivity contribution < 1.29 is 23.1 Å². The molecule has 37 heavy (non-hydrogen) atoms. The number of carbonyl (C=O) groups is 2. The van der Waals surface area contributed by atoms with Gasteiger partial charge in [0.15, 0.2) is 0 Å². The van der Waals surface area contributed by atoms with Crippen LogP contribution in [0.25, 0.3) is 0 Å². The first-order valence-corrected chi connectivity index (χ1v) is 13.6. The highest BCUT2D eigenvalue weighted by atomic mass is 32.2. The van der Waals surface area contributed by atoms with Crippen LogP contribution in [0.3, 0.4) is 0 Å². The molecule has 9 heteroatoms. The van der Waals surface area contributed by atoms with E-state index in [0.717, 1.165) is 10.5 Å². The SMILES string of the molecule is CC(C)CN(CC(O)C(N)Cc1ccccc1)S(=O)(=O)c1ccc(N2C(=O)c3ccccc3C2=O)cc1. The number of nitrogens with two attached hydrogens (primary N) is 1. The number of hydrogen-bond donors (Lipinski definition) is 2. The van der Waals surface area contributed by atoms with E-state index in [-0.39, 0.29) is 29.6 Å². The Labute approximate surface area is 217 Å². The summed E-state index contributed by atoms with van der Waals surface area (Å²) in [5.74, 6) is -0.897. The Morgan fingerprint density at radius 2 is 1.38 bits per heavy atom. The second-order valence-corrected chi connectivity index (χ2v) is 11.6. The van der Waals surface area contributed by atoms with Gasteiger partial charge in [-0.25, -0.2) is 13.3 Å². The Morgan fingerprint density at radius 1 is 0.838 bits per heavy atom. The van der Waals surface area contributed by atoms with Crippen LogP contribution in [0.2, 0.25) is 0 Å². The second-order valence-electron chi connectivity index (χ2n) is 9.62. The van der Waals surface area contributed by atoms with Gasteiger partial charge in [-0.2, -0.15) is 4.31 Å². The van der Waals surface area contributed by atoms with Gasteiger partial charge in [0.05, 0.1) is 27.8 Å². The van der Waals surface area contributed by atoms with Gasteiger partial charge >= 0.3 is 0 Å². The smallest absolute Gasteiger partial charge is 0.266 e. The van der Waals surface area contributed by atoms with Crippen LogP contribution < -0.4 is 10.6 Å². The molecule has 0 radical (unpaired) electrons. The van der Waals surface area contributed by atoms with Gasteiger partial charge in [-0.15, -0.1) is 0 Å². The Bertz CT molecular complexity index is 1340. The molecule has 0 spiro atoms. The van der Waals surface area contributed by atoms with E-state index >= 15 is 0 Å². The van der Waals surface area contributed by atoms with E-state index in [9.17, 15) is 23.1 Å². The second kappa shape index (κ2) is 10.9. The number of imide groups is 1. The number of hydrogen-bond acceptors (Lipinski definition) is 6. The lowest BCUT2D eigenvalue weighted by molar-refractivity contribution is 0.0926. The molecule has 4 rings (SSSR count). The van der Waals surface area contributed by atoms with Crippen molar-refractivity contribution in [2.45, 2.75) is 37.3 Å². The Balaban J connectivity index is 1.53. The van der Waals surface area contributed by atoms with E-state index < -0.39 is 34.0 Å². The number of carbonyl (C=O) groups excluding carboxylic acids is 2. The normalized spacial score (nSPS) is 15.4. The van der Waals surface area contributed by atoms with Crippen molar-refractivity contribution >= 4 is 27.5 Å². The molecule has 0 aromatic heterocycles. The molecule has 3 aromatic carbocycles. The van der Waals surface area contributed by atoms with E-state index in [2.05, 4.69) is 0 Å². The molecule has 0 aliphatic carbocycles. The quantitative estimate of drug-likeness (QED) is 0.396. The highest BCUT2D eigenvalue weighted by Gasteiger charge is 2.36. The van der Waals surface area contributed by atoms with Crippen molar-refractivity contribution in [3.05, 3.63) is 95.6 Å². The largest absolute Gasteiger partial charge is 0.390 e. The molecular weight excluding hydrogens is 490 g/mol. The molecule has 1 aliphatic rings. The number of benzene rings is 3. The Morgan fingerprint density at radius 3 is 1.92 bits per heavy atom. The van der Waals surface area contributed by atoms with Gasteiger partial charge in [0, 0.05) is 19.1 Å². The molecule has 0 fully saturated rings. The third kappa shape index (κ3) is 5.65. The molecule has 0 saturated heterocycles. The van der Waals surface area contributed by atoms with Crippen LogP contribution in [-0.2, 0) is 16.4 Å². The highest BCUT2D eigenvalue weighted by Crippen LogP contribution is 2.29. The van der Waals surface area contributed by atoms with Crippen LogP contribution in [0.4, 0.5) is 5.69 Å². The highest BCUT2D eigenvalue weighted by molar-refractivity contribution is 7.89. The molecular formula is C28H31N3O5S. The van der Waals surface area contributed by atoms with E-state index in [1.807, 2.05) is 44.2 Å². The zero-order valence-corrected chi connectivity index (χ0v) is 21.6. The lowest BCUT2D eigenvalue weighted by Crippen LogP contribution is -2.47.